The smallest absolute Gasteiger partial charge is 0.201 e. The predicted octanol–water partition coefficient (Wildman–Crippen LogP) is 2.26. The summed E-state index contributed by atoms with van der Waals surface area (Å²) in [6.07, 6.45) is 8.09. The molecule has 0 spiro atoms. The standard InChI is InChI=1S/C15H21N3O/c1-18-12(16)7-17-15(18)14(19)13-10-3-8-2-9(5-10)6-11(13)4-8/h7-11,13H,2-6,16H2,1H3. The van der Waals surface area contributed by atoms with Gasteiger partial charge >= 0.3 is 0 Å². The number of carbonyl (C=O) groups is 1. The van der Waals surface area contributed by atoms with E-state index in [0.29, 0.717) is 23.5 Å². The summed E-state index contributed by atoms with van der Waals surface area (Å²) in [6, 6.07) is 0. The van der Waals surface area contributed by atoms with Gasteiger partial charge in [0.15, 0.2) is 5.82 Å². The number of nitrogen functional groups attached to an aromatic ring is 1. The van der Waals surface area contributed by atoms with Gasteiger partial charge in [0.05, 0.1) is 6.20 Å². The van der Waals surface area contributed by atoms with Crippen LogP contribution in [0, 0.1) is 29.6 Å². The molecule has 1 heterocycles. The van der Waals surface area contributed by atoms with Crippen LogP contribution in [0.15, 0.2) is 6.20 Å². The van der Waals surface area contributed by atoms with Crippen LogP contribution in [-0.2, 0) is 7.05 Å². The lowest BCUT2D eigenvalue weighted by atomic mass is 9.51. The third-order valence-electron chi connectivity index (χ3n) is 5.77. The van der Waals surface area contributed by atoms with Crippen molar-refractivity contribution in [2.24, 2.45) is 36.6 Å². The Morgan fingerprint density at radius 2 is 1.79 bits per heavy atom. The fourth-order valence-corrected chi connectivity index (χ4v) is 5.15. The first kappa shape index (κ1) is 11.5. The molecule has 19 heavy (non-hydrogen) atoms. The molecule has 0 radical (unpaired) electrons. The number of nitrogens with two attached hydrogens (primary N) is 1. The maximum Gasteiger partial charge on any atom is 0.201 e. The van der Waals surface area contributed by atoms with E-state index in [0.717, 1.165) is 11.8 Å². The van der Waals surface area contributed by atoms with Gasteiger partial charge in [-0.3, -0.25) is 4.79 Å². The zero-order valence-electron chi connectivity index (χ0n) is 11.4. The molecule has 4 bridgehead atoms. The molecule has 0 aromatic carbocycles. The zero-order chi connectivity index (χ0) is 13.1. The number of Topliss-reactive ketones (excluding diaryl/α,β-unsaturated/α-hetero) is 1. The molecule has 1 aromatic heterocycles. The number of hydrogen-bond donors (Lipinski definition) is 1. The second kappa shape index (κ2) is 3.84. The van der Waals surface area contributed by atoms with Crippen LogP contribution in [0.3, 0.4) is 0 Å². The van der Waals surface area contributed by atoms with E-state index >= 15 is 0 Å². The van der Waals surface area contributed by atoms with Crippen molar-refractivity contribution in [1.82, 2.24) is 9.55 Å². The van der Waals surface area contributed by atoms with Crippen LogP contribution < -0.4 is 5.73 Å². The average molecular weight is 259 g/mol. The number of aromatic nitrogens is 2. The molecule has 4 aliphatic rings. The maximum atomic E-state index is 12.8. The number of rotatable bonds is 2. The van der Waals surface area contributed by atoms with E-state index < -0.39 is 0 Å². The summed E-state index contributed by atoms with van der Waals surface area (Å²) in [6.45, 7) is 0. The molecule has 4 aliphatic carbocycles. The number of carbonyl (C=O) groups excluding carboxylic acids is 1. The van der Waals surface area contributed by atoms with Gasteiger partial charge in [-0.05, 0) is 55.8 Å². The van der Waals surface area contributed by atoms with Crippen molar-refractivity contribution >= 4 is 11.6 Å². The molecule has 4 heteroatoms. The second-order valence-electron chi connectivity index (χ2n) is 6.89. The topological polar surface area (TPSA) is 60.9 Å². The number of ketones is 1. The van der Waals surface area contributed by atoms with Crippen molar-refractivity contribution in [3.63, 3.8) is 0 Å². The minimum atomic E-state index is 0.216. The van der Waals surface area contributed by atoms with Gasteiger partial charge in [0.1, 0.15) is 5.82 Å². The highest BCUT2D eigenvalue weighted by Crippen LogP contribution is 2.57. The second-order valence-corrected chi connectivity index (χ2v) is 6.89. The van der Waals surface area contributed by atoms with Crippen molar-refractivity contribution < 1.29 is 4.79 Å². The predicted molar refractivity (Wildman–Crippen MR) is 72.5 cm³/mol. The number of imidazole rings is 1. The van der Waals surface area contributed by atoms with E-state index in [2.05, 4.69) is 4.98 Å². The van der Waals surface area contributed by atoms with Gasteiger partial charge < -0.3 is 10.3 Å². The summed E-state index contributed by atoms with van der Waals surface area (Å²) in [7, 11) is 1.84. The zero-order valence-corrected chi connectivity index (χ0v) is 11.4. The molecule has 1 aromatic rings. The highest BCUT2D eigenvalue weighted by atomic mass is 16.1. The first-order chi connectivity index (χ1) is 9.13. The molecular weight excluding hydrogens is 238 g/mol. The summed E-state index contributed by atoms with van der Waals surface area (Å²) < 4.78 is 1.74. The molecule has 102 valence electrons. The van der Waals surface area contributed by atoms with Crippen molar-refractivity contribution in [2.75, 3.05) is 5.73 Å². The molecule has 0 saturated heterocycles. The van der Waals surface area contributed by atoms with Crippen LogP contribution in [0.4, 0.5) is 5.82 Å². The summed E-state index contributed by atoms with van der Waals surface area (Å²) >= 11 is 0. The molecule has 0 atom stereocenters. The van der Waals surface area contributed by atoms with Crippen LogP contribution in [0.1, 0.15) is 42.7 Å². The van der Waals surface area contributed by atoms with E-state index in [9.17, 15) is 4.79 Å². The van der Waals surface area contributed by atoms with Gasteiger partial charge in [-0.1, -0.05) is 0 Å². The monoisotopic (exact) mass is 259 g/mol. The van der Waals surface area contributed by atoms with Gasteiger partial charge in [-0.15, -0.1) is 0 Å². The normalized spacial score (nSPS) is 39.7. The SMILES string of the molecule is Cn1c(N)cnc1C(=O)C1C2CC3CC(C2)CC1C3. The Morgan fingerprint density at radius 3 is 2.26 bits per heavy atom. The molecule has 5 rings (SSSR count). The van der Waals surface area contributed by atoms with Crippen molar-refractivity contribution in [3.8, 4) is 0 Å². The van der Waals surface area contributed by atoms with Crippen molar-refractivity contribution in [2.45, 2.75) is 32.1 Å². The van der Waals surface area contributed by atoms with Gasteiger partial charge in [0.2, 0.25) is 5.78 Å². The summed E-state index contributed by atoms with van der Waals surface area (Å²) in [5, 5.41) is 0. The summed E-state index contributed by atoms with van der Waals surface area (Å²) in [5.74, 6) is 4.63. The van der Waals surface area contributed by atoms with Gasteiger partial charge in [-0.25, -0.2) is 4.98 Å². The minimum Gasteiger partial charge on any atom is -0.384 e. The molecule has 0 unspecified atom stereocenters. The third kappa shape index (κ3) is 1.58. The Balaban J connectivity index is 1.66. The highest BCUT2D eigenvalue weighted by molar-refractivity contribution is 5.95. The molecule has 0 aliphatic heterocycles. The van der Waals surface area contributed by atoms with E-state index in [1.165, 1.54) is 32.1 Å². The van der Waals surface area contributed by atoms with Crippen LogP contribution in [-0.4, -0.2) is 15.3 Å². The molecule has 2 N–H and O–H groups in total. The highest BCUT2D eigenvalue weighted by Gasteiger charge is 2.51. The minimum absolute atomic E-state index is 0.216. The van der Waals surface area contributed by atoms with Crippen molar-refractivity contribution in [1.29, 1.82) is 0 Å². The molecule has 4 saturated carbocycles. The number of nitrogens with zero attached hydrogens (tertiary/aromatic N) is 2. The lowest BCUT2D eigenvalue weighted by Crippen LogP contribution is -2.48. The van der Waals surface area contributed by atoms with Gasteiger partial charge in [-0.2, -0.15) is 0 Å². The number of hydrogen-bond acceptors (Lipinski definition) is 3. The summed E-state index contributed by atoms with van der Waals surface area (Å²) in [4.78, 5) is 17.1. The lowest BCUT2D eigenvalue weighted by Gasteiger charge is -2.53. The van der Waals surface area contributed by atoms with Crippen LogP contribution in [0.2, 0.25) is 0 Å². The summed E-state index contributed by atoms with van der Waals surface area (Å²) in [5.41, 5.74) is 5.80. The third-order valence-corrected chi connectivity index (χ3v) is 5.77. The largest absolute Gasteiger partial charge is 0.384 e. The molecular formula is C15H21N3O. The maximum absolute atomic E-state index is 12.8. The first-order valence-corrected chi connectivity index (χ1v) is 7.45. The van der Waals surface area contributed by atoms with E-state index in [-0.39, 0.29) is 11.7 Å². The lowest BCUT2D eigenvalue weighted by molar-refractivity contribution is -0.0256. The Labute approximate surface area is 113 Å². The van der Waals surface area contributed by atoms with Crippen molar-refractivity contribution in [3.05, 3.63) is 12.0 Å². The van der Waals surface area contributed by atoms with Crippen LogP contribution in [0.25, 0.3) is 0 Å². The Bertz CT molecular complexity index is 505. The van der Waals surface area contributed by atoms with Gasteiger partial charge in [0.25, 0.3) is 0 Å². The van der Waals surface area contributed by atoms with Crippen LogP contribution in [0.5, 0.6) is 0 Å². The van der Waals surface area contributed by atoms with E-state index in [4.69, 9.17) is 5.73 Å². The Morgan fingerprint density at radius 1 is 1.21 bits per heavy atom. The fraction of sp³-hybridized carbons (Fsp3) is 0.733. The number of anilines is 1. The van der Waals surface area contributed by atoms with Gasteiger partial charge in [0, 0.05) is 13.0 Å². The van der Waals surface area contributed by atoms with E-state index in [1.54, 1.807) is 10.8 Å². The quantitative estimate of drug-likeness (QED) is 0.829. The van der Waals surface area contributed by atoms with E-state index in [1.807, 2.05) is 7.05 Å². The van der Waals surface area contributed by atoms with Crippen LogP contribution >= 0.6 is 0 Å². The first-order valence-electron chi connectivity index (χ1n) is 7.45. The molecule has 4 fully saturated rings. The molecule has 0 amide bonds. The average Bonchev–Trinajstić information content (AvgIpc) is 2.68. The Hall–Kier alpha value is -1.32. The Kier molecular flexibility index (Phi) is 2.32. The molecule has 4 nitrogen and oxygen atoms in total. The fourth-order valence-electron chi connectivity index (χ4n) is 5.15.